The zero-order valence-corrected chi connectivity index (χ0v) is 20.5. The molecule has 0 fully saturated rings. The molecule has 11 heteroatoms. The molecule has 3 aliphatic carbocycles. The molecule has 10 nitrogen and oxygen atoms in total. The summed E-state index contributed by atoms with van der Waals surface area (Å²) in [4.78, 5) is 27.1. The van der Waals surface area contributed by atoms with Crippen molar-refractivity contribution < 1.29 is 34.4 Å². The highest BCUT2D eigenvalue weighted by Crippen LogP contribution is 2.52. The van der Waals surface area contributed by atoms with Gasteiger partial charge in [-0.15, -0.1) is 0 Å². The minimum absolute atomic E-state index is 0.0115. The lowest BCUT2D eigenvalue weighted by molar-refractivity contribution is -0.114. The molecule has 0 spiro atoms. The van der Waals surface area contributed by atoms with Crippen LogP contribution in [0, 0.1) is 23.1 Å². The van der Waals surface area contributed by atoms with E-state index in [1.54, 1.807) is 14.1 Å². The Bertz CT molecular complexity index is 1250. The van der Waals surface area contributed by atoms with Crippen molar-refractivity contribution in [1.29, 1.82) is 5.41 Å². The number of aromatic hydroxyl groups is 1. The van der Waals surface area contributed by atoms with Gasteiger partial charge in [0.2, 0.25) is 0 Å². The Morgan fingerprint density at radius 3 is 2.53 bits per heavy atom. The van der Waals surface area contributed by atoms with Crippen molar-refractivity contribution in [2.45, 2.75) is 50.9 Å². The Labute approximate surface area is 207 Å². The van der Waals surface area contributed by atoms with E-state index in [2.05, 4.69) is 5.32 Å². The van der Waals surface area contributed by atoms with E-state index in [1.807, 2.05) is 13.8 Å². The summed E-state index contributed by atoms with van der Waals surface area (Å²) >= 11 is 0. The second-order valence-electron chi connectivity index (χ2n) is 10.3. The van der Waals surface area contributed by atoms with Crippen LogP contribution in [-0.4, -0.2) is 74.5 Å². The number of primary amides is 1. The number of phenols is 1. The Balaban J connectivity index is 1.90. The molecule has 0 saturated carbocycles. The number of ketones is 1. The largest absolute Gasteiger partial charge is 0.510 e. The number of aliphatic hydroxyl groups excluding tert-OH is 2. The highest BCUT2D eigenvalue weighted by molar-refractivity contribution is 6.26. The van der Waals surface area contributed by atoms with E-state index in [0.29, 0.717) is 0 Å². The zero-order chi connectivity index (χ0) is 26.9. The minimum Gasteiger partial charge on any atom is -0.510 e. The summed E-state index contributed by atoms with van der Waals surface area (Å²) in [5, 5.41) is 56.0. The van der Waals surface area contributed by atoms with Crippen molar-refractivity contribution in [2.75, 3.05) is 14.1 Å². The first-order chi connectivity index (χ1) is 16.7. The van der Waals surface area contributed by atoms with Crippen LogP contribution in [-0.2, 0) is 17.8 Å². The maximum absolute atomic E-state index is 15.5. The average Bonchev–Trinajstić information content (AvgIpc) is 2.77. The third-order valence-corrected chi connectivity index (χ3v) is 7.49. The molecule has 0 aromatic heterocycles. The molecule has 0 aliphatic heterocycles. The predicted molar refractivity (Wildman–Crippen MR) is 128 cm³/mol. The fraction of sp³-hybridized carbons (Fsp3) is 0.480. The molecule has 194 valence electrons. The predicted octanol–water partition coefficient (Wildman–Crippen LogP) is 1.21. The Morgan fingerprint density at radius 2 is 1.97 bits per heavy atom. The lowest BCUT2D eigenvalue weighted by atomic mass is 9.58. The summed E-state index contributed by atoms with van der Waals surface area (Å²) in [6.45, 7) is 3.91. The molecule has 0 radical (unpaired) electrons. The molecule has 0 saturated heterocycles. The summed E-state index contributed by atoms with van der Waals surface area (Å²) in [5.41, 5.74) is 1.07. The Kier molecular flexibility index (Phi) is 6.22. The summed E-state index contributed by atoms with van der Waals surface area (Å²) < 4.78 is 15.5. The van der Waals surface area contributed by atoms with Crippen LogP contribution in [0.3, 0.4) is 0 Å². The number of nitrogens with two attached hydrogens (primary N) is 1. The fourth-order valence-corrected chi connectivity index (χ4v) is 5.85. The standard InChI is InChI=1S/C25H31FN4O6/c1-9(2)29-8-11-7-14(31)16-12(18(11)26)5-10-6-13-19(30(3)4)21(33)17(24(28)35)22(27)25(13,36)23(34)15(10)20(16)32/h7,9-10,13,19,27,29,31,33-34,36H,5-6,8H2,1-4H3,(H2,28,35)/t10-,13?,19-,25+/m0/s1. The first-order valence-corrected chi connectivity index (χ1v) is 11.7. The van der Waals surface area contributed by atoms with Crippen LogP contribution in [0.4, 0.5) is 4.39 Å². The lowest BCUT2D eigenvalue weighted by Crippen LogP contribution is -2.63. The number of carbonyl (C=O) groups excluding carboxylic acids is 2. The molecule has 0 heterocycles. The second-order valence-corrected chi connectivity index (χ2v) is 10.3. The number of halogens is 1. The fourth-order valence-electron chi connectivity index (χ4n) is 5.85. The lowest BCUT2D eigenvalue weighted by Gasteiger charge is -2.51. The zero-order valence-electron chi connectivity index (χ0n) is 20.5. The molecule has 8 N–H and O–H groups in total. The molecule has 1 aromatic rings. The number of allylic oxidation sites excluding steroid dienone is 1. The summed E-state index contributed by atoms with van der Waals surface area (Å²) in [6.07, 6.45) is -0.0698. The molecule has 1 unspecified atom stereocenters. The van der Waals surface area contributed by atoms with Gasteiger partial charge >= 0.3 is 0 Å². The number of aliphatic hydroxyl groups is 3. The molecular weight excluding hydrogens is 471 g/mol. The highest BCUT2D eigenvalue weighted by Gasteiger charge is 2.61. The van der Waals surface area contributed by atoms with Crippen molar-refractivity contribution >= 4 is 17.4 Å². The topological polar surface area (TPSA) is 180 Å². The molecule has 4 atom stereocenters. The average molecular weight is 503 g/mol. The van der Waals surface area contributed by atoms with Crippen LogP contribution in [0.1, 0.15) is 41.8 Å². The van der Waals surface area contributed by atoms with Crippen molar-refractivity contribution in [1.82, 2.24) is 10.2 Å². The van der Waals surface area contributed by atoms with E-state index in [1.165, 1.54) is 4.90 Å². The molecule has 4 rings (SSSR count). The molecule has 1 aromatic carbocycles. The molecule has 36 heavy (non-hydrogen) atoms. The van der Waals surface area contributed by atoms with Crippen molar-refractivity contribution in [3.63, 3.8) is 0 Å². The van der Waals surface area contributed by atoms with E-state index >= 15 is 4.39 Å². The monoisotopic (exact) mass is 502 g/mol. The number of Topliss-reactive ketones (excluding diaryl/α,β-unsaturated/α-hetero) is 1. The van der Waals surface area contributed by atoms with Gasteiger partial charge in [0.25, 0.3) is 5.91 Å². The maximum Gasteiger partial charge on any atom is 0.254 e. The van der Waals surface area contributed by atoms with Gasteiger partial charge in [0.15, 0.2) is 11.4 Å². The highest BCUT2D eigenvalue weighted by atomic mass is 19.1. The van der Waals surface area contributed by atoms with Gasteiger partial charge in [0.05, 0.1) is 17.3 Å². The van der Waals surface area contributed by atoms with Gasteiger partial charge in [-0.25, -0.2) is 4.39 Å². The summed E-state index contributed by atoms with van der Waals surface area (Å²) in [5.74, 6) is -6.31. The Hall–Kier alpha value is -3.28. The summed E-state index contributed by atoms with van der Waals surface area (Å²) in [7, 11) is 3.16. The van der Waals surface area contributed by atoms with Crippen molar-refractivity contribution in [2.24, 2.45) is 17.6 Å². The minimum atomic E-state index is -2.50. The van der Waals surface area contributed by atoms with Crippen LogP contribution < -0.4 is 11.1 Å². The molecule has 3 aliphatic rings. The number of fused-ring (bicyclic) bond motifs is 3. The van der Waals surface area contributed by atoms with Gasteiger partial charge in [-0.1, -0.05) is 13.8 Å². The van der Waals surface area contributed by atoms with Crippen molar-refractivity contribution in [3.8, 4) is 5.75 Å². The Morgan fingerprint density at radius 1 is 1.33 bits per heavy atom. The van der Waals surface area contributed by atoms with Gasteiger partial charge < -0.3 is 36.9 Å². The quantitative estimate of drug-likeness (QED) is 0.314. The number of phenolic OH excluding ortho intramolecular Hbond substituents is 1. The third kappa shape index (κ3) is 3.53. The maximum atomic E-state index is 15.5. The van der Waals surface area contributed by atoms with Gasteiger partial charge in [-0.3, -0.25) is 14.5 Å². The van der Waals surface area contributed by atoms with E-state index in [0.717, 1.165) is 6.07 Å². The number of hydrogen-bond donors (Lipinski definition) is 7. The van der Waals surface area contributed by atoms with E-state index in [-0.39, 0.29) is 47.7 Å². The number of likely N-dealkylation sites (N-methyl/N-ethyl adjacent to an activating group) is 1. The number of nitrogens with one attached hydrogen (secondary N) is 2. The van der Waals surface area contributed by atoms with Gasteiger partial charge in [-0.2, -0.15) is 0 Å². The van der Waals surface area contributed by atoms with Gasteiger partial charge in [0.1, 0.15) is 28.7 Å². The van der Waals surface area contributed by atoms with Crippen molar-refractivity contribution in [3.05, 3.63) is 51.2 Å². The van der Waals surface area contributed by atoms with E-state index in [4.69, 9.17) is 11.1 Å². The third-order valence-electron chi connectivity index (χ3n) is 7.49. The van der Waals surface area contributed by atoms with Crippen LogP contribution in [0.2, 0.25) is 0 Å². The normalized spacial score (nSPS) is 27.9. The first-order valence-electron chi connectivity index (χ1n) is 11.7. The number of amides is 1. The van der Waals surface area contributed by atoms with Crippen LogP contribution >= 0.6 is 0 Å². The van der Waals surface area contributed by atoms with Crippen LogP contribution in [0.25, 0.3) is 0 Å². The van der Waals surface area contributed by atoms with E-state index < -0.39 is 69.5 Å². The number of benzene rings is 1. The molecule has 0 bridgehead atoms. The smallest absolute Gasteiger partial charge is 0.254 e. The van der Waals surface area contributed by atoms with Crippen LogP contribution in [0.5, 0.6) is 5.75 Å². The van der Waals surface area contributed by atoms with E-state index in [9.17, 15) is 30.0 Å². The number of rotatable bonds is 5. The summed E-state index contributed by atoms with van der Waals surface area (Å²) in [6, 6.07) is 0.199. The number of hydrogen-bond acceptors (Lipinski definition) is 9. The SMILES string of the molecule is CC(C)NCc1cc(O)c2c(c1F)C[C@H]1CC3[C@H](N(C)C)C(O)=C(C(N)=O)C(=N)[C@@]3(O)C(O)=C1C2=O. The second kappa shape index (κ2) is 8.68. The van der Waals surface area contributed by atoms with Gasteiger partial charge in [0, 0.05) is 35.2 Å². The van der Waals surface area contributed by atoms with Gasteiger partial charge in [-0.05, 0) is 38.9 Å². The first kappa shape index (κ1) is 25.8. The number of carbonyl (C=O) groups is 2. The van der Waals surface area contributed by atoms with Crippen LogP contribution in [0.15, 0.2) is 28.7 Å². The molecule has 1 amide bonds. The number of nitrogens with zero attached hydrogens (tertiary/aromatic N) is 1. The molecular formula is C25H31FN4O6.